The van der Waals surface area contributed by atoms with E-state index < -0.39 is 31.9 Å². The Kier molecular flexibility index (Phi) is 3.38. The van der Waals surface area contributed by atoms with Crippen molar-refractivity contribution in [2.24, 2.45) is 0 Å². The van der Waals surface area contributed by atoms with Crippen molar-refractivity contribution in [3.8, 4) is 0 Å². The summed E-state index contributed by atoms with van der Waals surface area (Å²) in [5, 5.41) is 7.98. The summed E-state index contributed by atoms with van der Waals surface area (Å²) >= 11 is 0. The maximum atomic E-state index is 10.2. The third kappa shape index (κ3) is 5.72. The fraction of sp³-hybridized carbons (Fsp3) is 0.500. The summed E-state index contributed by atoms with van der Waals surface area (Å²) in [6.07, 6.45) is -1.34. The smallest absolute Gasteiger partial charge is 0.372 e. The van der Waals surface area contributed by atoms with Crippen LogP contribution in [0.1, 0.15) is 6.42 Å². The van der Waals surface area contributed by atoms with Gasteiger partial charge >= 0.3 is 13.6 Å². The Labute approximate surface area is 62.0 Å². The van der Waals surface area contributed by atoms with E-state index in [1.807, 2.05) is 0 Å². The number of aliphatic carboxylic acids is 1. The maximum absolute atomic E-state index is 10.2. The zero-order chi connectivity index (χ0) is 9.07. The van der Waals surface area contributed by atoms with Crippen LogP contribution in [0.15, 0.2) is 0 Å². The van der Waals surface area contributed by atoms with E-state index in [9.17, 15) is 14.2 Å². The summed E-state index contributed by atoms with van der Waals surface area (Å²) in [4.78, 5) is 36.5. The highest BCUT2D eigenvalue weighted by atomic mass is 31.2. The van der Waals surface area contributed by atoms with Gasteiger partial charge < -0.3 is 14.9 Å². The number of Topliss-reactive ketones (excluding diaryl/α,β-unsaturated/α-hetero) is 1. The molecule has 0 saturated carbocycles. The second kappa shape index (κ2) is 3.61. The van der Waals surface area contributed by atoms with Crippen LogP contribution in [-0.2, 0) is 14.2 Å². The number of hydrogen-bond donors (Lipinski definition) is 3. The van der Waals surface area contributed by atoms with Crippen LogP contribution in [-0.4, -0.2) is 32.8 Å². The van der Waals surface area contributed by atoms with Crippen LogP contribution in [0.2, 0.25) is 0 Å². The van der Waals surface area contributed by atoms with E-state index in [1.54, 1.807) is 0 Å². The van der Waals surface area contributed by atoms with E-state index >= 15 is 0 Å². The van der Waals surface area contributed by atoms with Crippen molar-refractivity contribution in [3.63, 3.8) is 0 Å². The lowest BCUT2D eigenvalue weighted by Crippen LogP contribution is -2.13. The average Bonchev–Trinajstić information content (AvgIpc) is 1.80. The molecule has 11 heavy (non-hydrogen) atoms. The highest BCUT2D eigenvalue weighted by Crippen LogP contribution is 2.34. The van der Waals surface area contributed by atoms with E-state index in [0.29, 0.717) is 0 Å². The third-order valence-electron chi connectivity index (χ3n) is 0.869. The first-order valence-electron chi connectivity index (χ1n) is 2.63. The minimum Gasteiger partial charge on any atom is -0.476 e. The van der Waals surface area contributed by atoms with Gasteiger partial charge in [-0.1, -0.05) is 0 Å². The predicted molar refractivity (Wildman–Crippen MR) is 34.2 cm³/mol. The maximum Gasteiger partial charge on any atom is 0.372 e. The molecule has 0 aliphatic rings. The highest BCUT2D eigenvalue weighted by Gasteiger charge is 2.18. The molecule has 7 heteroatoms. The molecule has 0 amide bonds. The molecule has 64 valence electrons. The Hall–Kier alpha value is -0.710. The van der Waals surface area contributed by atoms with Crippen molar-refractivity contribution in [1.29, 1.82) is 0 Å². The molecule has 0 saturated heterocycles. The third-order valence-corrected chi connectivity index (χ3v) is 1.67. The van der Waals surface area contributed by atoms with Gasteiger partial charge in [0.1, 0.15) is 0 Å². The van der Waals surface area contributed by atoms with Gasteiger partial charge in [-0.3, -0.25) is 9.36 Å². The summed E-state index contributed by atoms with van der Waals surface area (Å²) in [5.41, 5.74) is 0. The largest absolute Gasteiger partial charge is 0.476 e. The van der Waals surface area contributed by atoms with Crippen LogP contribution in [0.4, 0.5) is 0 Å². The normalized spacial score (nSPS) is 11.1. The lowest BCUT2D eigenvalue weighted by atomic mass is 10.3. The number of carboxylic acid groups (broad SMARTS) is 1. The number of rotatable bonds is 4. The van der Waals surface area contributed by atoms with Crippen LogP contribution in [0, 0.1) is 0 Å². The zero-order valence-electron chi connectivity index (χ0n) is 5.43. The molecule has 0 atom stereocenters. The molecule has 0 radical (unpaired) electrons. The van der Waals surface area contributed by atoms with Gasteiger partial charge in [0.15, 0.2) is 0 Å². The first-order chi connectivity index (χ1) is 4.83. The number of carbonyl (C=O) groups excluding carboxylic acids is 1. The van der Waals surface area contributed by atoms with Crippen LogP contribution >= 0.6 is 7.60 Å². The van der Waals surface area contributed by atoms with Crippen molar-refractivity contribution in [2.45, 2.75) is 6.42 Å². The molecule has 0 aromatic heterocycles. The van der Waals surface area contributed by atoms with Crippen molar-refractivity contribution < 1.29 is 29.0 Å². The second-order valence-corrected chi connectivity index (χ2v) is 3.64. The minimum atomic E-state index is -4.24. The van der Waals surface area contributed by atoms with Crippen molar-refractivity contribution >= 4 is 19.3 Å². The Morgan fingerprint density at radius 1 is 1.27 bits per heavy atom. The summed E-state index contributed by atoms with van der Waals surface area (Å²) in [6, 6.07) is 0. The molecule has 6 nitrogen and oxygen atoms in total. The molecule has 0 heterocycles. The summed E-state index contributed by atoms with van der Waals surface area (Å²) in [5.74, 6) is -2.85. The molecule has 0 aliphatic heterocycles. The molecule has 3 N–H and O–H groups in total. The fourth-order valence-electron chi connectivity index (χ4n) is 0.354. The minimum absolute atomic E-state index is 0.625. The second-order valence-electron chi connectivity index (χ2n) is 1.87. The molecule has 0 unspecified atom stereocenters. The standard InChI is InChI=1S/C4H7O6P/c5-3(4(6)7)1-2-11(8,9)10/h1-2H2,(H,6,7)(H2,8,9,10). The van der Waals surface area contributed by atoms with Crippen LogP contribution < -0.4 is 0 Å². The molecule has 0 aliphatic carbocycles. The van der Waals surface area contributed by atoms with E-state index in [-0.39, 0.29) is 0 Å². The average molecular weight is 182 g/mol. The van der Waals surface area contributed by atoms with Gasteiger partial charge in [0.25, 0.3) is 0 Å². The van der Waals surface area contributed by atoms with E-state index in [2.05, 4.69) is 0 Å². The quantitative estimate of drug-likeness (QED) is 0.388. The van der Waals surface area contributed by atoms with Crippen LogP contribution in [0.25, 0.3) is 0 Å². The van der Waals surface area contributed by atoms with Gasteiger partial charge in [0.05, 0.1) is 6.16 Å². The van der Waals surface area contributed by atoms with Crippen molar-refractivity contribution in [3.05, 3.63) is 0 Å². The van der Waals surface area contributed by atoms with E-state index in [4.69, 9.17) is 14.9 Å². The Morgan fingerprint density at radius 2 is 1.73 bits per heavy atom. The monoisotopic (exact) mass is 182 g/mol. The number of carboxylic acids is 1. The predicted octanol–water partition coefficient (Wildman–Crippen LogP) is -0.792. The zero-order valence-corrected chi connectivity index (χ0v) is 6.32. The Morgan fingerprint density at radius 3 is 2.00 bits per heavy atom. The van der Waals surface area contributed by atoms with E-state index in [1.165, 1.54) is 0 Å². The van der Waals surface area contributed by atoms with Crippen molar-refractivity contribution in [1.82, 2.24) is 0 Å². The van der Waals surface area contributed by atoms with Gasteiger partial charge in [-0.15, -0.1) is 0 Å². The molecular formula is C4H7O6P. The van der Waals surface area contributed by atoms with Gasteiger partial charge in [-0.25, -0.2) is 4.79 Å². The topological polar surface area (TPSA) is 112 Å². The number of ketones is 1. The number of hydrogen-bond acceptors (Lipinski definition) is 3. The van der Waals surface area contributed by atoms with Crippen molar-refractivity contribution in [2.75, 3.05) is 6.16 Å². The molecule has 0 bridgehead atoms. The van der Waals surface area contributed by atoms with Crippen LogP contribution in [0.3, 0.4) is 0 Å². The molecule has 0 aromatic rings. The van der Waals surface area contributed by atoms with E-state index in [0.717, 1.165) is 0 Å². The Balaban J connectivity index is 3.82. The van der Waals surface area contributed by atoms with Crippen LogP contribution in [0.5, 0.6) is 0 Å². The van der Waals surface area contributed by atoms with Gasteiger partial charge in [0, 0.05) is 6.42 Å². The molecular weight excluding hydrogens is 175 g/mol. The van der Waals surface area contributed by atoms with Gasteiger partial charge in [0.2, 0.25) is 5.78 Å². The fourth-order valence-corrected chi connectivity index (χ4v) is 0.848. The Bertz CT molecular complexity index is 215. The summed E-state index contributed by atoms with van der Waals surface area (Å²) in [7, 11) is -4.24. The summed E-state index contributed by atoms with van der Waals surface area (Å²) in [6.45, 7) is 0. The molecule has 0 aromatic carbocycles. The first kappa shape index (κ1) is 10.3. The highest BCUT2D eigenvalue weighted by molar-refractivity contribution is 7.51. The lowest BCUT2D eigenvalue weighted by molar-refractivity contribution is -0.148. The molecule has 0 spiro atoms. The SMILES string of the molecule is O=C(O)C(=O)CCP(=O)(O)O. The molecule has 0 fully saturated rings. The van der Waals surface area contributed by atoms with Gasteiger partial charge in [-0.05, 0) is 0 Å². The first-order valence-corrected chi connectivity index (χ1v) is 4.43. The summed E-state index contributed by atoms with van der Waals surface area (Å²) < 4.78 is 10.1. The number of carbonyl (C=O) groups is 2. The molecule has 0 rings (SSSR count). The van der Waals surface area contributed by atoms with Gasteiger partial charge in [-0.2, -0.15) is 0 Å². The lowest BCUT2D eigenvalue weighted by Gasteiger charge is -1.99.